The number of rotatable bonds is 6. The van der Waals surface area contributed by atoms with Crippen LogP contribution in [0.3, 0.4) is 0 Å². The Hall–Kier alpha value is -1.63. The van der Waals surface area contributed by atoms with Crippen molar-refractivity contribution in [3.63, 3.8) is 0 Å². The normalized spacial score (nSPS) is 14.2. The molecule has 1 amide bonds. The first kappa shape index (κ1) is 14.4. The van der Waals surface area contributed by atoms with E-state index in [0.29, 0.717) is 0 Å². The Morgan fingerprint density at radius 1 is 1.31 bits per heavy atom. The number of amides is 1. The van der Waals surface area contributed by atoms with E-state index in [0.717, 1.165) is 0 Å². The first-order valence-electron chi connectivity index (χ1n) is 4.75. The molecule has 0 saturated heterocycles. The van der Waals surface area contributed by atoms with Crippen LogP contribution in [0, 0.1) is 5.92 Å². The third-order valence-electron chi connectivity index (χ3n) is 1.99. The average Bonchev–Trinajstić information content (AvgIpc) is 2.14. The highest BCUT2D eigenvalue weighted by Crippen LogP contribution is 2.08. The van der Waals surface area contributed by atoms with Crippen molar-refractivity contribution in [2.24, 2.45) is 11.7 Å². The third-order valence-corrected chi connectivity index (χ3v) is 1.99. The summed E-state index contributed by atoms with van der Waals surface area (Å²) in [5.41, 5.74) is 3.40. The fraction of sp³-hybridized carbons (Fsp3) is 0.667. The van der Waals surface area contributed by atoms with E-state index in [1.165, 1.54) is 0 Å². The molecule has 0 aliphatic carbocycles. The van der Waals surface area contributed by atoms with Gasteiger partial charge in [-0.2, -0.15) is 0 Å². The van der Waals surface area contributed by atoms with Crippen molar-refractivity contribution in [1.29, 1.82) is 0 Å². The Morgan fingerprint density at radius 3 is 2.12 bits per heavy atom. The van der Waals surface area contributed by atoms with E-state index >= 15 is 0 Å². The first-order valence-corrected chi connectivity index (χ1v) is 4.75. The fourth-order valence-electron chi connectivity index (χ4n) is 0.891. The van der Waals surface area contributed by atoms with Gasteiger partial charge < -0.3 is 15.5 Å². The zero-order chi connectivity index (χ0) is 12.9. The summed E-state index contributed by atoms with van der Waals surface area (Å²) in [5, 5.41) is 19.4. The Morgan fingerprint density at radius 2 is 1.81 bits per heavy atom. The van der Waals surface area contributed by atoms with Crippen molar-refractivity contribution in [2.45, 2.75) is 32.4 Å². The molecule has 0 bridgehead atoms. The predicted octanol–water partition coefficient (Wildman–Crippen LogP) is -0.637. The molecule has 0 spiro atoms. The molecule has 0 aromatic carbocycles. The van der Waals surface area contributed by atoms with Gasteiger partial charge in [-0.1, -0.05) is 13.8 Å². The van der Waals surface area contributed by atoms with E-state index in [9.17, 15) is 14.4 Å². The summed E-state index contributed by atoms with van der Waals surface area (Å²) in [5.74, 6) is -3.58. The molecule has 0 unspecified atom stereocenters. The summed E-state index contributed by atoms with van der Waals surface area (Å²) in [6, 6.07) is 0. The summed E-state index contributed by atoms with van der Waals surface area (Å²) >= 11 is 0. The van der Waals surface area contributed by atoms with Gasteiger partial charge in [0.1, 0.15) is 0 Å². The molecule has 16 heavy (non-hydrogen) atoms. The van der Waals surface area contributed by atoms with Crippen LogP contribution in [0.4, 0.5) is 0 Å². The fourth-order valence-corrected chi connectivity index (χ4v) is 0.891. The second-order valence-corrected chi connectivity index (χ2v) is 3.81. The van der Waals surface area contributed by atoms with Crippen LogP contribution in [0.15, 0.2) is 0 Å². The summed E-state index contributed by atoms with van der Waals surface area (Å²) in [6.07, 6.45) is -0.794. The number of hydrogen-bond acceptors (Lipinski definition) is 4. The largest absolute Gasteiger partial charge is 0.481 e. The lowest BCUT2D eigenvalue weighted by molar-refractivity contribution is -0.149. The van der Waals surface area contributed by atoms with E-state index in [-0.39, 0.29) is 6.42 Å². The van der Waals surface area contributed by atoms with Gasteiger partial charge >= 0.3 is 11.9 Å². The minimum Gasteiger partial charge on any atom is -0.481 e. The van der Waals surface area contributed by atoms with E-state index in [4.69, 9.17) is 15.9 Å². The Bertz CT molecular complexity index is 302. The number of hydrogen-bond donors (Lipinski definition) is 4. The highest BCUT2D eigenvalue weighted by Gasteiger charge is 2.36. The minimum atomic E-state index is -2.03. The van der Waals surface area contributed by atoms with Crippen molar-refractivity contribution in [2.75, 3.05) is 0 Å². The molecule has 5 N–H and O–H groups in total. The van der Waals surface area contributed by atoms with Gasteiger partial charge in [0.25, 0.3) is 0 Å². The average molecular weight is 232 g/mol. The topological polar surface area (TPSA) is 130 Å². The lowest BCUT2D eigenvalue weighted by atomic mass is 10.0. The van der Waals surface area contributed by atoms with Crippen molar-refractivity contribution < 1.29 is 24.6 Å². The van der Waals surface area contributed by atoms with Crippen molar-refractivity contribution in [3.05, 3.63) is 0 Å². The van der Waals surface area contributed by atoms with E-state index in [2.05, 4.69) is 5.32 Å². The second-order valence-electron chi connectivity index (χ2n) is 3.81. The van der Waals surface area contributed by atoms with E-state index < -0.39 is 35.8 Å². The molecule has 92 valence electrons. The third kappa shape index (κ3) is 4.26. The maximum absolute atomic E-state index is 11.3. The summed E-state index contributed by atoms with van der Waals surface area (Å²) in [7, 11) is 0. The molecule has 0 aliphatic rings. The summed E-state index contributed by atoms with van der Waals surface area (Å²) in [6.45, 7) is 3.16. The van der Waals surface area contributed by atoms with Gasteiger partial charge in [-0.15, -0.1) is 0 Å². The highest BCUT2D eigenvalue weighted by atomic mass is 16.4. The maximum atomic E-state index is 11.3. The predicted molar refractivity (Wildman–Crippen MR) is 54.4 cm³/mol. The standard InChI is InChI=1S/C9H16N2O5/c1-5(2)7(14)11-9(10,8(15)16)4-3-6(12)13/h5H,3-4,10H2,1-2H3,(H,11,14)(H,12,13)(H,15,16)/t9-/m1/s1. The number of carbonyl (C=O) groups excluding carboxylic acids is 1. The van der Waals surface area contributed by atoms with E-state index in [1.54, 1.807) is 13.8 Å². The zero-order valence-electron chi connectivity index (χ0n) is 9.19. The van der Waals surface area contributed by atoms with Gasteiger partial charge in [0.2, 0.25) is 5.91 Å². The minimum absolute atomic E-state index is 0.365. The van der Waals surface area contributed by atoms with Crippen molar-refractivity contribution in [1.82, 2.24) is 5.32 Å². The molecule has 0 aromatic heterocycles. The van der Waals surface area contributed by atoms with Crippen LogP contribution in [0.2, 0.25) is 0 Å². The van der Waals surface area contributed by atoms with Crippen LogP contribution in [0.1, 0.15) is 26.7 Å². The van der Waals surface area contributed by atoms with Gasteiger partial charge in [-0.05, 0) is 0 Å². The van der Waals surface area contributed by atoms with Gasteiger partial charge in [-0.25, -0.2) is 4.79 Å². The van der Waals surface area contributed by atoms with Gasteiger partial charge in [-0.3, -0.25) is 15.3 Å². The summed E-state index contributed by atoms with van der Waals surface area (Å²) < 4.78 is 0. The molecular weight excluding hydrogens is 216 g/mol. The lowest BCUT2D eigenvalue weighted by Crippen LogP contribution is -2.62. The molecule has 0 fully saturated rings. The van der Waals surface area contributed by atoms with Crippen molar-refractivity contribution >= 4 is 17.8 Å². The molecule has 0 radical (unpaired) electrons. The molecule has 0 saturated carbocycles. The quantitative estimate of drug-likeness (QED) is 0.451. The molecule has 0 aromatic rings. The molecule has 1 atom stereocenters. The number of nitrogens with one attached hydrogen (secondary N) is 1. The number of carboxylic acid groups (broad SMARTS) is 2. The van der Waals surface area contributed by atoms with Gasteiger partial charge in [0.05, 0.1) is 0 Å². The van der Waals surface area contributed by atoms with Crippen LogP contribution in [-0.2, 0) is 14.4 Å². The van der Waals surface area contributed by atoms with Crippen LogP contribution in [0.25, 0.3) is 0 Å². The van der Waals surface area contributed by atoms with Crippen LogP contribution in [-0.4, -0.2) is 33.7 Å². The van der Waals surface area contributed by atoms with E-state index in [1.807, 2.05) is 0 Å². The monoisotopic (exact) mass is 232 g/mol. The van der Waals surface area contributed by atoms with Crippen molar-refractivity contribution in [3.8, 4) is 0 Å². The van der Waals surface area contributed by atoms with Crippen LogP contribution >= 0.6 is 0 Å². The smallest absolute Gasteiger partial charge is 0.344 e. The Balaban J connectivity index is 4.63. The summed E-state index contributed by atoms with van der Waals surface area (Å²) in [4.78, 5) is 32.5. The molecular formula is C9H16N2O5. The molecule has 0 aliphatic heterocycles. The zero-order valence-corrected chi connectivity index (χ0v) is 9.19. The molecule has 7 nitrogen and oxygen atoms in total. The number of nitrogens with two attached hydrogens (primary N) is 1. The number of carboxylic acids is 2. The molecule has 0 heterocycles. The Kier molecular flexibility index (Phi) is 4.90. The molecule has 7 heteroatoms. The first-order chi connectivity index (χ1) is 7.19. The number of aliphatic carboxylic acids is 2. The van der Waals surface area contributed by atoms with Crippen LogP contribution < -0.4 is 11.1 Å². The van der Waals surface area contributed by atoms with Gasteiger partial charge in [0.15, 0.2) is 5.66 Å². The molecule has 0 rings (SSSR count). The second kappa shape index (κ2) is 5.45. The lowest BCUT2D eigenvalue weighted by Gasteiger charge is -2.26. The van der Waals surface area contributed by atoms with Crippen LogP contribution in [0.5, 0.6) is 0 Å². The Labute approximate surface area is 92.6 Å². The maximum Gasteiger partial charge on any atom is 0.344 e. The number of carbonyl (C=O) groups is 3. The highest BCUT2D eigenvalue weighted by molar-refractivity contribution is 5.87. The SMILES string of the molecule is CC(C)C(=O)N[C@](N)(CCC(=O)O)C(=O)O. The van der Waals surface area contributed by atoms with Gasteiger partial charge in [0, 0.05) is 18.8 Å².